The zero-order valence-corrected chi connectivity index (χ0v) is 9.92. The standard InChI is InChI=1S/C13H14ClNO/c1-10-4-2-3-5-11(10)8-15-9-12-6-7-13(14)16-12/h2-7,15H,8-9H2,1H3. The molecule has 0 saturated heterocycles. The van der Waals surface area contributed by atoms with E-state index in [4.69, 9.17) is 16.0 Å². The quantitative estimate of drug-likeness (QED) is 0.877. The summed E-state index contributed by atoms with van der Waals surface area (Å²) in [6.07, 6.45) is 0. The van der Waals surface area contributed by atoms with Crippen LogP contribution in [0.3, 0.4) is 0 Å². The summed E-state index contributed by atoms with van der Waals surface area (Å²) < 4.78 is 5.25. The summed E-state index contributed by atoms with van der Waals surface area (Å²) in [5.74, 6) is 0.860. The maximum absolute atomic E-state index is 5.69. The van der Waals surface area contributed by atoms with E-state index in [1.807, 2.05) is 18.2 Å². The van der Waals surface area contributed by atoms with Gasteiger partial charge in [-0.15, -0.1) is 0 Å². The van der Waals surface area contributed by atoms with E-state index in [2.05, 4.69) is 24.4 Å². The van der Waals surface area contributed by atoms with Crippen LogP contribution < -0.4 is 5.32 Å². The van der Waals surface area contributed by atoms with Crippen molar-refractivity contribution in [3.63, 3.8) is 0 Å². The van der Waals surface area contributed by atoms with Gasteiger partial charge in [-0.2, -0.15) is 0 Å². The number of rotatable bonds is 4. The molecular formula is C13H14ClNO. The molecule has 0 atom stereocenters. The molecule has 1 heterocycles. The summed E-state index contributed by atoms with van der Waals surface area (Å²) in [5, 5.41) is 3.76. The molecule has 1 N–H and O–H groups in total. The highest BCUT2D eigenvalue weighted by Crippen LogP contribution is 2.13. The van der Waals surface area contributed by atoms with Crippen molar-refractivity contribution in [2.24, 2.45) is 0 Å². The zero-order chi connectivity index (χ0) is 11.4. The number of aryl methyl sites for hydroxylation is 1. The van der Waals surface area contributed by atoms with E-state index in [-0.39, 0.29) is 0 Å². The van der Waals surface area contributed by atoms with Crippen LogP contribution in [0.1, 0.15) is 16.9 Å². The molecule has 2 nitrogen and oxygen atoms in total. The second kappa shape index (κ2) is 5.19. The second-order valence-corrected chi connectivity index (χ2v) is 4.11. The lowest BCUT2D eigenvalue weighted by Gasteiger charge is -2.05. The third kappa shape index (κ3) is 2.87. The van der Waals surface area contributed by atoms with Crippen LogP contribution in [0, 0.1) is 6.92 Å². The Morgan fingerprint density at radius 2 is 1.94 bits per heavy atom. The largest absolute Gasteiger partial charge is 0.448 e. The molecule has 2 rings (SSSR count). The van der Waals surface area contributed by atoms with Crippen molar-refractivity contribution < 1.29 is 4.42 Å². The predicted molar refractivity (Wildman–Crippen MR) is 65.4 cm³/mol. The molecule has 0 fully saturated rings. The molecule has 0 saturated carbocycles. The van der Waals surface area contributed by atoms with E-state index < -0.39 is 0 Å². The average molecular weight is 236 g/mol. The predicted octanol–water partition coefficient (Wildman–Crippen LogP) is 3.53. The van der Waals surface area contributed by atoms with Gasteiger partial charge in [-0.25, -0.2) is 0 Å². The zero-order valence-electron chi connectivity index (χ0n) is 9.16. The fourth-order valence-corrected chi connectivity index (χ4v) is 1.74. The number of hydrogen-bond acceptors (Lipinski definition) is 2. The summed E-state index contributed by atoms with van der Waals surface area (Å²) in [6, 6.07) is 12.0. The first kappa shape index (κ1) is 11.2. The molecule has 0 radical (unpaired) electrons. The smallest absolute Gasteiger partial charge is 0.193 e. The molecule has 16 heavy (non-hydrogen) atoms. The molecule has 2 aromatic rings. The first-order chi connectivity index (χ1) is 7.75. The number of benzene rings is 1. The lowest BCUT2D eigenvalue weighted by Crippen LogP contribution is -2.12. The monoisotopic (exact) mass is 235 g/mol. The molecule has 0 bridgehead atoms. The number of halogens is 1. The summed E-state index contributed by atoms with van der Waals surface area (Å²) in [7, 11) is 0. The highest BCUT2D eigenvalue weighted by molar-refractivity contribution is 6.28. The van der Waals surface area contributed by atoms with Crippen molar-refractivity contribution in [1.29, 1.82) is 0 Å². The van der Waals surface area contributed by atoms with E-state index in [1.54, 1.807) is 6.07 Å². The van der Waals surface area contributed by atoms with Gasteiger partial charge in [-0.1, -0.05) is 24.3 Å². The van der Waals surface area contributed by atoms with E-state index in [0.717, 1.165) is 12.3 Å². The van der Waals surface area contributed by atoms with Crippen LogP contribution in [0.15, 0.2) is 40.8 Å². The van der Waals surface area contributed by atoms with Crippen LogP contribution >= 0.6 is 11.6 Å². The molecule has 3 heteroatoms. The summed E-state index contributed by atoms with van der Waals surface area (Å²) in [5.41, 5.74) is 2.60. The highest BCUT2D eigenvalue weighted by atomic mass is 35.5. The molecule has 0 unspecified atom stereocenters. The van der Waals surface area contributed by atoms with E-state index in [9.17, 15) is 0 Å². The van der Waals surface area contributed by atoms with E-state index in [0.29, 0.717) is 11.8 Å². The Hall–Kier alpha value is -1.25. The normalized spacial score (nSPS) is 10.6. The van der Waals surface area contributed by atoms with E-state index in [1.165, 1.54) is 11.1 Å². The fraction of sp³-hybridized carbons (Fsp3) is 0.231. The summed E-state index contributed by atoms with van der Waals surface area (Å²) >= 11 is 5.69. The van der Waals surface area contributed by atoms with Crippen molar-refractivity contribution in [1.82, 2.24) is 5.32 Å². The Morgan fingerprint density at radius 1 is 1.12 bits per heavy atom. The van der Waals surface area contributed by atoms with Gasteiger partial charge in [-0.3, -0.25) is 0 Å². The van der Waals surface area contributed by atoms with Crippen LogP contribution in [0.4, 0.5) is 0 Å². The maximum atomic E-state index is 5.69. The minimum Gasteiger partial charge on any atom is -0.448 e. The van der Waals surface area contributed by atoms with Gasteiger partial charge in [0, 0.05) is 6.54 Å². The number of furan rings is 1. The van der Waals surface area contributed by atoms with Gasteiger partial charge in [-0.05, 0) is 41.8 Å². The van der Waals surface area contributed by atoms with Crippen LogP contribution in [-0.4, -0.2) is 0 Å². The third-order valence-electron chi connectivity index (χ3n) is 2.50. The van der Waals surface area contributed by atoms with Crippen molar-refractivity contribution in [3.8, 4) is 0 Å². The van der Waals surface area contributed by atoms with Crippen molar-refractivity contribution >= 4 is 11.6 Å². The SMILES string of the molecule is Cc1ccccc1CNCc1ccc(Cl)o1. The highest BCUT2D eigenvalue weighted by Gasteiger charge is 2.00. The molecule has 0 aliphatic rings. The number of nitrogens with one attached hydrogen (secondary N) is 1. The van der Waals surface area contributed by atoms with Gasteiger partial charge >= 0.3 is 0 Å². The van der Waals surface area contributed by atoms with Crippen LogP contribution in [-0.2, 0) is 13.1 Å². The van der Waals surface area contributed by atoms with Crippen molar-refractivity contribution in [2.75, 3.05) is 0 Å². The minimum atomic E-state index is 0.438. The molecule has 0 aliphatic heterocycles. The molecule has 1 aromatic carbocycles. The Balaban J connectivity index is 1.87. The lowest BCUT2D eigenvalue weighted by atomic mass is 10.1. The first-order valence-corrected chi connectivity index (χ1v) is 5.63. The molecule has 0 spiro atoms. The van der Waals surface area contributed by atoms with Gasteiger partial charge in [0.05, 0.1) is 6.54 Å². The third-order valence-corrected chi connectivity index (χ3v) is 2.71. The van der Waals surface area contributed by atoms with E-state index >= 15 is 0 Å². The minimum absolute atomic E-state index is 0.438. The molecule has 1 aromatic heterocycles. The average Bonchev–Trinajstić information content (AvgIpc) is 2.67. The van der Waals surface area contributed by atoms with Crippen molar-refractivity contribution in [3.05, 3.63) is 58.5 Å². The maximum Gasteiger partial charge on any atom is 0.193 e. The Kier molecular flexibility index (Phi) is 3.65. The van der Waals surface area contributed by atoms with Gasteiger partial charge in [0.1, 0.15) is 5.76 Å². The van der Waals surface area contributed by atoms with Gasteiger partial charge in [0.2, 0.25) is 0 Å². The van der Waals surface area contributed by atoms with Gasteiger partial charge in [0.15, 0.2) is 5.22 Å². The summed E-state index contributed by atoms with van der Waals surface area (Å²) in [6.45, 7) is 3.65. The Labute approximate surface area is 100 Å². The first-order valence-electron chi connectivity index (χ1n) is 5.25. The molecular weight excluding hydrogens is 222 g/mol. The van der Waals surface area contributed by atoms with Crippen LogP contribution in [0.25, 0.3) is 0 Å². The Bertz CT molecular complexity index is 464. The molecule has 0 aliphatic carbocycles. The Morgan fingerprint density at radius 3 is 2.62 bits per heavy atom. The van der Waals surface area contributed by atoms with Gasteiger partial charge < -0.3 is 9.73 Å². The molecule has 84 valence electrons. The molecule has 0 amide bonds. The lowest BCUT2D eigenvalue weighted by molar-refractivity contribution is 0.484. The van der Waals surface area contributed by atoms with Crippen LogP contribution in [0.5, 0.6) is 0 Å². The number of hydrogen-bond donors (Lipinski definition) is 1. The summed E-state index contributed by atoms with van der Waals surface area (Å²) in [4.78, 5) is 0. The van der Waals surface area contributed by atoms with Gasteiger partial charge in [0.25, 0.3) is 0 Å². The second-order valence-electron chi connectivity index (χ2n) is 3.74. The van der Waals surface area contributed by atoms with Crippen molar-refractivity contribution in [2.45, 2.75) is 20.0 Å². The van der Waals surface area contributed by atoms with Crippen LogP contribution in [0.2, 0.25) is 5.22 Å². The fourth-order valence-electron chi connectivity index (χ4n) is 1.58. The topological polar surface area (TPSA) is 25.2 Å².